The SMILES string of the molecule is CC1(C)CN(CC(=O)N2CCN(S(=O)(=O)c3ccc4c(c3)CCC4)CC2)CCO1. The summed E-state index contributed by atoms with van der Waals surface area (Å²) in [6.45, 7) is 8.12. The minimum atomic E-state index is -3.51. The maximum Gasteiger partial charge on any atom is 0.243 e. The highest BCUT2D eigenvalue weighted by Gasteiger charge is 2.33. The predicted octanol–water partition coefficient (Wildman–Crippen LogP) is 1.12. The number of nitrogens with zero attached hydrogens (tertiary/aromatic N) is 3. The molecule has 0 saturated carbocycles. The van der Waals surface area contributed by atoms with Crippen molar-refractivity contribution in [2.75, 3.05) is 52.4 Å². The first-order valence-electron chi connectivity index (χ1n) is 10.5. The summed E-state index contributed by atoms with van der Waals surface area (Å²) in [6.07, 6.45) is 3.09. The van der Waals surface area contributed by atoms with E-state index in [0.29, 0.717) is 44.2 Å². The second-order valence-electron chi connectivity index (χ2n) is 8.89. The molecule has 8 heteroatoms. The van der Waals surface area contributed by atoms with Gasteiger partial charge in [-0.15, -0.1) is 0 Å². The van der Waals surface area contributed by atoms with E-state index in [1.165, 1.54) is 9.87 Å². The molecular formula is C21H31N3O4S. The monoisotopic (exact) mass is 421 g/mol. The summed E-state index contributed by atoms with van der Waals surface area (Å²) in [5.41, 5.74) is 2.19. The molecule has 29 heavy (non-hydrogen) atoms. The molecule has 0 aromatic heterocycles. The fraction of sp³-hybridized carbons (Fsp3) is 0.667. The zero-order valence-electron chi connectivity index (χ0n) is 17.4. The highest BCUT2D eigenvalue weighted by Crippen LogP contribution is 2.27. The Balaban J connectivity index is 1.34. The maximum atomic E-state index is 13.1. The van der Waals surface area contributed by atoms with Crippen LogP contribution in [-0.2, 0) is 32.4 Å². The second kappa shape index (κ2) is 7.98. The molecule has 3 aliphatic rings. The van der Waals surface area contributed by atoms with Crippen LogP contribution in [0.2, 0.25) is 0 Å². The molecule has 2 aliphatic heterocycles. The summed E-state index contributed by atoms with van der Waals surface area (Å²) in [4.78, 5) is 17.0. The highest BCUT2D eigenvalue weighted by atomic mass is 32.2. The van der Waals surface area contributed by atoms with Gasteiger partial charge in [0, 0.05) is 39.3 Å². The van der Waals surface area contributed by atoms with Crippen LogP contribution in [0.5, 0.6) is 0 Å². The third-order valence-electron chi connectivity index (χ3n) is 6.16. The van der Waals surface area contributed by atoms with Gasteiger partial charge in [-0.05, 0) is 56.4 Å². The predicted molar refractivity (Wildman–Crippen MR) is 110 cm³/mol. The third-order valence-corrected chi connectivity index (χ3v) is 8.06. The molecule has 0 N–H and O–H groups in total. The zero-order valence-corrected chi connectivity index (χ0v) is 18.2. The number of hydrogen-bond donors (Lipinski definition) is 0. The number of aryl methyl sites for hydroxylation is 2. The molecule has 1 aromatic carbocycles. The molecule has 1 amide bonds. The molecule has 0 bridgehead atoms. The van der Waals surface area contributed by atoms with E-state index in [1.807, 2.05) is 26.0 Å². The lowest BCUT2D eigenvalue weighted by molar-refractivity contribution is -0.138. The van der Waals surface area contributed by atoms with E-state index in [4.69, 9.17) is 4.74 Å². The van der Waals surface area contributed by atoms with Crippen LogP contribution in [0.25, 0.3) is 0 Å². The van der Waals surface area contributed by atoms with Crippen molar-refractivity contribution in [2.45, 2.75) is 43.6 Å². The van der Waals surface area contributed by atoms with E-state index in [2.05, 4.69) is 4.90 Å². The van der Waals surface area contributed by atoms with Crippen LogP contribution >= 0.6 is 0 Å². The number of piperazine rings is 1. The zero-order chi connectivity index (χ0) is 20.6. The first-order valence-corrected chi connectivity index (χ1v) is 11.9. The number of benzene rings is 1. The second-order valence-corrected chi connectivity index (χ2v) is 10.8. The van der Waals surface area contributed by atoms with Crippen LogP contribution in [0.1, 0.15) is 31.4 Å². The Kier molecular flexibility index (Phi) is 5.72. The molecule has 7 nitrogen and oxygen atoms in total. The fourth-order valence-corrected chi connectivity index (χ4v) is 6.05. The molecule has 0 radical (unpaired) electrons. The lowest BCUT2D eigenvalue weighted by Crippen LogP contribution is -2.55. The summed E-state index contributed by atoms with van der Waals surface area (Å²) in [5, 5.41) is 0. The molecule has 2 saturated heterocycles. The van der Waals surface area contributed by atoms with Crippen LogP contribution in [0.4, 0.5) is 0 Å². The fourth-order valence-electron chi connectivity index (χ4n) is 4.58. The summed E-state index contributed by atoms with van der Waals surface area (Å²) in [6, 6.07) is 5.53. The topological polar surface area (TPSA) is 70.2 Å². The highest BCUT2D eigenvalue weighted by molar-refractivity contribution is 7.89. The first-order chi connectivity index (χ1) is 13.7. The van der Waals surface area contributed by atoms with Gasteiger partial charge in [-0.25, -0.2) is 8.42 Å². The Bertz CT molecular complexity index is 876. The van der Waals surface area contributed by atoms with Gasteiger partial charge in [-0.3, -0.25) is 9.69 Å². The van der Waals surface area contributed by atoms with E-state index in [-0.39, 0.29) is 11.5 Å². The molecule has 160 valence electrons. The minimum Gasteiger partial charge on any atom is -0.373 e. The summed E-state index contributed by atoms with van der Waals surface area (Å²) in [7, 11) is -3.51. The van der Waals surface area contributed by atoms with Crippen LogP contribution in [0, 0.1) is 0 Å². The first kappa shape index (κ1) is 20.8. The van der Waals surface area contributed by atoms with Gasteiger partial charge in [-0.1, -0.05) is 6.07 Å². The van der Waals surface area contributed by atoms with Gasteiger partial charge in [0.25, 0.3) is 0 Å². The number of morpholine rings is 1. The van der Waals surface area contributed by atoms with Gasteiger partial charge < -0.3 is 9.64 Å². The van der Waals surface area contributed by atoms with Crippen LogP contribution < -0.4 is 0 Å². The number of sulfonamides is 1. The molecule has 1 aliphatic carbocycles. The normalized spacial score (nSPS) is 23.2. The summed E-state index contributed by atoms with van der Waals surface area (Å²) < 4.78 is 33.3. The van der Waals surface area contributed by atoms with Crippen molar-refractivity contribution >= 4 is 15.9 Å². The average molecular weight is 422 g/mol. The Morgan fingerprint density at radius 1 is 1.07 bits per heavy atom. The van der Waals surface area contributed by atoms with Crippen molar-refractivity contribution in [1.29, 1.82) is 0 Å². The lowest BCUT2D eigenvalue weighted by Gasteiger charge is -2.39. The minimum absolute atomic E-state index is 0.0669. The molecule has 0 unspecified atom stereocenters. The molecule has 0 atom stereocenters. The van der Waals surface area contributed by atoms with E-state index in [1.54, 1.807) is 11.0 Å². The van der Waals surface area contributed by atoms with Crippen LogP contribution in [0.15, 0.2) is 23.1 Å². The van der Waals surface area contributed by atoms with Gasteiger partial charge in [-0.2, -0.15) is 4.31 Å². The summed E-state index contributed by atoms with van der Waals surface area (Å²) in [5.74, 6) is 0.0669. The third kappa shape index (κ3) is 4.50. The Morgan fingerprint density at radius 2 is 1.79 bits per heavy atom. The van der Waals surface area contributed by atoms with Crippen molar-refractivity contribution in [1.82, 2.24) is 14.1 Å². The van der Waals surface area contributed by atoms with E-state index < -0.39 is 10.0 Å². The standard InChI is InChI=1S/C21H31N3O4S/c1-21(2)16-22(12-13-28-21)15-20(25)23-8-10-24(11-9-23)29(26,27)19-7-6-17-4-3-5-18(17)14-19/h6-7,14H,3-5,8-13,15-16H2,1-2H3. The number of ether oxygens (including phenoxy) is 1. The van der Waals surface area contributed by atoms with Crippen molar-refractivity contribution in [3.8, 4) is 0 Å². The van der Waals surface area contributed by atoms with Gasteiger partial charge in [0.15, 0.2) is 0 Å². The summed E-state index contributed by atoms with van der Waals surface area (Å²) >= 11 is 0. The Morgan fingerprint density at radius 3 is 2.52 bits per heavy atom. The van der Waals surface area contributed by atoms with E-state index >= 15 is 0 Å². The largest absolute Gasteiger partial charge is 0.373 e. The molecule has 0 spiro atoms. The Labute approximate surface area is 173 Å². The number of fused-ring (bicyclic) bond motifs is 1. The van der Waals surface area contributed by atoms with Crippen molar-refractivity contribution in [3.63, 3.8) is 0 Å². The van der Waals surface area contributed by atoms with Gasteiger partial charge in [0.05, 0.1) is 23.6 Å². The number of rotatable bonds is 4. The quantitative estimate of drug-likeness (QED) is 0.729. The maximum absolute atomic E-state index is 13.1. The average Bonchev–Trinajstić information content (AvgIpc) is 3.15. The van der Waals surface area contributed by atoms with Crippen molar-refractivity contribution in [2.24, 2.45) is 0 Å². The number of carbonyl (C=O) groups excluding carboxylic acids is 1. The van der Waals surface area contributed by atoms with E-state index in [9.17, 15) is 13.2 Å². The number of hydrogen-bond acceptors (Lipinski definition) is 5. The van der Waals surface area contributed by atoms with Gasteiger partial charge in [0.2, 0.25) is 15.9 Å². The lowest BCUT2D eigenvalue weighted by atomic mass is 10.1. The molecule has 4 rings (SSSR count). The smallest absolute Gasteiger partial charge is 0.243 e. The van der Waals surface area contributed by atoms with Crippen molar-refractivity contribution < 1.29 is 17.9 Å². The van der Waals surface area contributed by atoms with E-state index in [0.717, 1.165) is 37.9 Å². The van der Waals surface area contributed by atoms with Crippen molar-refractivity contribution in [3.05, 3.63) is 29.3 Å². The molecule has 2 fully saturated rings. The Hall–Kier alpha value is -1.48. The number of amides is 1. The van der Waals surface area contributed by atoms with Crippen LogP contribution in [0.3, 0.4) is 0 Å². The number of carbonyl (C=O) groups is 1. The molecular weight excluding hydrogens is 390 g/mol. The molecule has 1 aromatic rings. The van der Waals surface area contributed by atoms with Gasteiger partial charge in [0.1, 0.15) is 0 Å². The van der Waals surface area contributed by atoms with Crippen LogP contribution in [-0.4, -0.2) is 86.5 Å². The molecule has 2 heterocycles. The van der Waals surface area contributed by atoms with Gasteiger partial charge >= 0.3 is 0 Å².